The van der Waals surface area contributed by atoms with E-state index >= 15 is 0 Å². The van der Waals surface area contributed by atoms with Gasteiger partial charge < -0.3 is 4.74 Å². The lowest BCUT2D eigenvalue weighted by molar-refractivity contribution is 0.209. The Morgan fingerprint density at radius 1 is 1.17 bits per heavy atom. The van der Waals surface area contributed by atoms with Gasteiger partial charge in [0.2, 0.25) is 5.13 Å². The number of aromatic nitrogens is 2. The first-order chi connectivity index (χ1) is 17.4. The van der Waals surface area contributed by atoms with Crippen LogP contribution in [0.25, 0.3) is 0 Å². The predicted molar refractivity (Wildman–Crippen MR) is 137 cm³/mol. The maximum absolute atomic E-state index is 12.8. The summed E-state index contributed by atoms with van der Waals surface area (Å²) in [6.07, 6.45) is 3.11. The molecule has 0 aliphatic heterocycles. The van der Waals surface area contributed by atoms with Crippen LogP contribution >= 0.6 is 23.1 Å². The molecule has 0 amide bonds. The highest BCUT2D eigenvalue weighted by molar-refractivity contribution is 7.93. The maximum atomic E-state index is 12.8. The van der Waals surface area contributed by atoms with Gasteiger partial charge in [0.1, 0.15) is 24.8 Å². The zero-order valence-electron chi connectivity index (χ0n) is 18.8. The van der Waals surface area contributed by atoms with E-state index in [2.05, 4.69) is 44.4 Å². The monoisotopic (exact) mass is 534 g/mol. The molecule has 3 aliphatic carbocycles. The summed E-state index contributed by atoms with van der Waals surface area (Å²) in [6, 6.07) is 20.8. The van der Waals surface area contributed by atoms with Crippen LogP contribution in [0, 0.1) is 11.3 Å². The third kappa shape index (κ3) is 3.56. The highest BCUT2D eigenvalue weighted by Crippen LogP contribution is 2.58. The highest BCUT2D eigenvalue weighted by Gasteiger charge is 2.50. The number of hydrogen-bond acceptors (Lipinski definition) is 7. The quantitative estimate of drug-likeness (QED) is 0.352. The summed E-state index contributed by atoms with van der Waals surface area (Å²) in [5.41, 5.74) is 4.45. The van der Waals surface area contributed by atoms with Crippen molar-refractivity contribution in [3.05, 3.63) is 99.8 Å². The van der Waals surface area contributed by atoms with Gasteiger partial charge in [0.15, 0.2) is 0 Å². The van der Waals surface area contributed by atoms with Crippen LogP contribution in [-0.4, -0.2) is 24.4 Å². The average molecular weight is 535 g/mol. The smallest absolute Gasteiger partial charge is 0.263 e. The molecule has 180 valence electrons. The molecular weight excluding hydrogens is 516 g/mol. The maximum Gasteiger partial charge on any atom is 0.263 e. The van der Waals surface area contributed by atoms with Gasteiger partial charge in [-0.25, -0.2) is 13.4 Å². The van der Waals surface area contributed by atoms with Crippen molar-refractivity contribution < 1.29 is 13.2 Å². The zero-order valence-corrected chi connectivity index (χ0v) is 21.2. The Labute approximate surface area is 217 Å². The number of anilines is 1. The molecule has 2 bridgehead atoms. The van der Waals surface area contributed by atoms with Crippen molar-refractivity contribution in [3.63, 3.8) is 0 Å². The molecule has 0 saturated carbocycles. The number of nitrogens with one attached hydrogen (secondary N) is 1. The van der Waals surface area contributed by atoms with Gasteiger partial charge in [0.05, 0.1) is 15.9 Å². The Morgan fingerprint density at radius 2 is 2.00 bits per heavy atom. The van der Waals surface area contributed by atoms with Gasteiger partial charge >= 0.3 is 0 Å². The van der Waals surface area contributed by atoms with Crippen molar-refractivity contribution >= 4 is 38.3 Å². The minimum atomic E-state index is -3.93. The number of benzene rings is 3. The molecule has 0 spiro atoms. The number of fused-ring (bicyclic) bond motifs is 1. The standard InChI is InChI=1S/C26H19ClN4O3S2/c27-22-7-3-5-20-18-10-11-26(24(20)22,21-6-2-1-4-19(18)21)14-34-23-9-8-17(12-16(23)13-28)36(32,33)31-25-29-15-30-35-25/h1-9,12,15,18H,10-11,14H2,(H,29,30,31). The van der Waals surface area contributed by atoms with E-state index in [9.17, 15) is 13.7 Å². The van der Waals surface area contributed by atoms with Crippen LogP contribution in [0.5, 0.6) is 5.75 Å². The summed E-state index contributed by atoms with van der Waals surface area (Å²) in [4.78, 5) is 3.79. The van der Waals surface area contributed by atoms with Crippen molar-refractivity contribution in [1.82, 2.24) is 9.36 Å². The van der Waals surface area contributed by atoms with E-state index < -0.39 is 15.4 Å². The minimum absolute atomic E-state index is 0.0586. The third-order valence-corrected chi connectivity index (χ3v) is 9.41. The highest BCUT2D eigenvalue weighted by atomic mass is 35.5. The molecule has 1 heterocycles. The summed E-state index contributed by atoms with van der Waals surface area (Å²) >= 11 is 7.70. The number of nitriles is 1. The van der Waals surface area contributed by atoms with E-state index in [1.807, 2.05) is 18.2 Å². The number of rotatable bonds is 6. The Hall–Kier alpha value is -3.45. The first-order valence-electron chi connectivity index (χ1n) is 11.3. The van der Waals surface area contributed by atoms with Gasteiger partial charge in [-0.05, 0) is 59.4 Å². The second kappa shape index (κ2) is 8.59. The van der Waals surface area contributed by atoms with Gasteiger partial charge in [0, 0.05) is 22.5 Å². The van der Waals surface area contributed by atoms with Crippen LogP contribution in [0.15, 0.2) is 71.9 Å². The lowest BCUT2D eigenvalue weighted by atomic mass is 9.55. The van der Waals surface area contributed by atoms with Crippen molar-refractivity contribution in [2.75, 3.05) is 11.3 Å². The van der Waals surface area contributed by atoms with Crippen molar-refractivity contribution in [2.24, 2.45) is 0 Å². The fourth-order valence-electron chi connectivity index (χ4n) is 5.54. The van der Waals surface area contributed by atoms with Gasteiger partial charge in [-0.1, -0.05) is 48.0 Å². The topological polar surface area (TPSA) is 105 Å². The third-order valence-electron chi connectivity index (χ3n) is 7.05. The number of hydrogen-bond donors (Lipinski definition) is 1. The average Bonchev–Trinajstić information content (AvgIpc) is 3.40. The predicted octanol–water partition coefficient (Wildman–Crippen LogP) is 5.47. The van der Waals surface area contributed by atoms with Gasteiger partial charge in [-0.2, -0.15) is 9.64 Å². The second-order valence-electron chi connectivity index (χ2n) is 8.88. The van der Waals surface area contributed by atoms with Crippen LogP contribution < -0.4 is 9.46 Å². The number of nitrogens with zero attached hydrogens (tertiary/aromatic N) is 3. The Morgan fingerprint density at radius 3 is 2.81 bits per heavy atom. The van der Waals surface area contributed by atoms with E-state index in [1.54, 1.807) is 0 Å². The molecule has 10 heteroatoms. The molecule has 1 aromatic heterocycles. The van der Waals surface area contributed by atoms with Crippen LogP contribution in [0.4, 0.5) is 5.13 Å². The van der Waals surface area contributed by atoms with Crippen molar-refractivity contribution in [1.29, 1.82) is 5.26 Å². The normalized spacial score (nSPS) is 19.7. The van der Waals surface area contributed by atoms with Crippen LogP contribution in [0.3, 0.4) is 0 Å². The summed E-state index contributed by atoms with van der Waals surface area (Å²) < 4.78 is 38.0. The molecule has 1 N–H and O–H groups in total. The molecule has 36 heavy (non-hydrogen) atoms. The molecule has 0 fully saturated rings. The van der Waals surface area contributed by atoms with E-state index in [0.29, 0.717) is 16.7 Å². The molecule has 0 radical (unpaired) electrons. The molecule has 7 rings (SSSR count). The number of halogens is 1. The molecule has 2 unspecified atom stereocenters. The first-order valence-corrected chi connectivity index (χ1v) is 13.9. The van der Waals surface area contributed by atoms with E-state index in [1.165, 1.54) is 41.2 Å². The zero-order chi connectivity index (χ0) is 24.9. The number of sulfonamides is 1. The fourth-order valence-corrected chi connectivity index (χ4v) is 7.59. The van der Waals surface area contributed by atoms with E-state index in [-0.39, 0.29) is 22.2 Å². The largest absolute Gasteiger partial charge is 0.491 e. The molecular formula is C26H19ClN4O3S2. The SMILES string of the molecule is N#Cc1cc(S(=O)(=O)Nc2ncns2)ccc1OCC12CCC(c3ccccc31)c1cccc(Cl)c12. The lowest BCUT2D eigenvalue weighted by Gasteiger charge is -2.49. The van der Waals surface area contributed by atoms with Crippen molar-refractivity contribution in [3.8, 4) is 11.8 Å². The summed E-state index contributed by atoms with van der Waals surface area (Å²) in [5, 5.41) is 10.7. The Bertz CT molecular complexity index is 1630. The van der Waals surface area contributed by atoms with E-state index in [0.717, 1.165) is 29.9 Å². The molecule has 3 aromatic carbocycles. The first kappa shape index (κ1) is 23.0. The molecule has 2 atom stereocenters. The van der Waals surface area contributed by atoms with Crippen LogP contribution in [-0.2, 0) is 15.4 Å². The van der Waals surface area contributed by atoms with Gasteiger partial charge in [0.25, 0.3) is 10.0 Å². The van der Waals surface area contributed by atoms with E-state index in [4.69, 9.17) is 16.3 Å². The van der Waals surface area contributed by atoms with Crippen LogP contribution in [0.2, 0.25) is 5.02 Å². The summed E-state index contributed by atoms with van der Waals surface area (Å²) in [7, 11) is -3.93. The molecule has 7 nitrogen and oxygen atoms in total. The minimum Gasteiger partial charge on any atom is -0.491 e. The Balaban J connectivity index is 1.36. The Kier molecular flexibility index (Phi) is 5.48. The van der Waals surface area contributed by atoms with Crippen LogP contribution in [0.1, 0.15) is 46.6 Å². The van der Waals surface area contributed by atoms with Gasteiger partial charge in [-0.3, -0.25) is 4.72 Å². The number of ether oxygens (including phenoxy) is 1. The molecule has 0 saturated heterocycles. The lowest BCUT2D eigenvalue weighted by Crippen LogP contribution is -2.44. The van der Waals surface area contributed by atoms with Crippen molar-refractivity contribution in [2.45, 2.75) is 29.1 Å². The molecule has 3 aliphatic rings. The second-order valence-corrected chi connectivity index (χ2v) is 11.7. The van der Waals surface area contributed by atoms with Gasteiger partial charge in [-0.15, -0.1) is 0 Å². The fraction of sp³-hybridized carbons (Fsp3) is 0.192. The molecule has 4 aromatic rings. The summed E-state index contributed by atoms with van der Waals surface area (Å²) in [5.74, 6) is 0.622. The summed E-state index contributed by atoms with van der Waals surface area (Å²) in [6.45, 7) is 0.275.